The summed E-state index contributed by atoms with van der Waals surface area (Å²) in [6, 6.07) is 7.42. The highest BCUT2D eigenvalue weighted by Gasteiger charge is 2.22. The van der Waals surface area contributed by atoms with Gasteiger partial charge in [0.15, 0.2) is 11.5 Å². The first kappa shape index (κ1) is 19.5. The summed E-state index contributed by atoms with van der Waals surface area (Å²) in [5, 5.41) is 34.8. The highest BCUT2D eigenvalue weighted by atomic mass is 127. The van der Waals surface area contributed by atoms with Gasteiger partial charge in [-0.15, -0.1) is 0 Å². The zero-order valence-electron chi connectivity index (χ0n) is 13.7. The van der Waals surface area contributed by atoms with Crippen LogP contribution in [0.15, 0.2) is 24.3 Å². The van der Waals surface area contributed by atoms with Crippen molar-refractivity contribution < 1.29 is 20.1 Å². The van der Waals surface area contributed by atoms with Crippen molar-refractivity contribution in [1.29, 1.82) is 0 Å². The van der Waals surface area contributed by atoms with Crippen LogP contribution >= 0.6 is 45.2 Å². The van der Waals surface area contributed by atoms with Crippen molar-refractivity contribution in [2.75, 3.05) is 18.4 Å². The SMILES string of the molecule is O=C(O)CNc1c(I)cc(CC2NCCc3cc(O)c(O)cc32)cc1I. The Morgan fingerprint density at radius 1 is 1.15 bits per heavy atom. The number of rotatable bonds is 5. The van der Waals surface area contributed by atoms with Crippen molar-refractivity contribution in [3.63, 3.8) is 0 Å². The fourth-order valence-electron chi connectivity index (χ4n) is 3.16. The zero-order chi connectivity index (χ0) is 18.8. The van der Waals surface area contributed by atoms with Crippen molar-refractivity contribution >= 4 is 56.8 Å². The maximum Gasteiger partial charge on any atom is 0.322 e. The molecule has 0 saturated heterocycles. The van der Waals surface area contributed by atoms with E-state index in [0.29, 0.717) is 0 Å². The number of benzene rings is 2. The summed E-state index contributed by atoms with van der Waals surface area (Å²) in [5.74, 6) is -1.08. The van der Waals surface area contributed by atoms with E-state index in [4.69, 9.17) is 5.11 Å². The highest BCUT2D eigenvalue weighted by Crippen LogP contribution is 2.35. The molecular weight excluding hydrogens is 562 g/mol. The van der Waals surface area contributed by atoms with Crippen molar-refractivity contribution in [3.05, 3.63) is 48.1 Å². The Bertz CT molecular complexity index is 834. The summed E-state index contributed by atoms with van der Waals surface area (Å²) < 4.78 is 1.94. The van der Waals surface area contributed by atoms with Gasteiger partial charge in [0.05, 0.1) is 5.69 Å². The molecule has 0 saturated carbocycles. The Balaban J connectivity index is 1.84. The molecule has 6 nitrogen and oxygen atoms in total. The Morgan fingerprint density at radius 2 is 1.81 bits per heavy atom. The first-order chi connectivity index (χ1) is 12.3. The number of fused-ring (bicyclic) bond motifs is 1. The van der Waals surface area contributed by atoms with Gasteiger partial charge in [-0.2, -0.15) is 0 Å². The number of phenolic OH excluding ortho intramolecular Hbond substituents is 2. The van der Waals surface area contributed by atoms with Crippen LogP contribution in [-0.4, -0.2) is 34.4 Å². The average molecular weight is 580 g/mol. The van der Waals surface area contributed by atoms with Gasteiger partial charge >= 0.3 is 5.97 Å². The van der Waals surface area contributed by atoms with E-state index in [-0.39, 0.29) is 24.1 Å². The monoisotopic (exact) mass is 580 g/mol. The lowest BCUT2D eigenvalue weighted by molar-refractivity contribution is -0.134. The molecule has 0 aromatic heterocycles. The smallest absolute Gasteiger partial charge is 0.322 e. The Hall–Kier alpha value is -1.27. The van der Waals surface area contributed by atoms with Crippen LogP contribution in [0.25, 0.3) is 0 Å². The lowest BCUT2D eigenvalue weighted by Gasteiger charge is -2.28. The van der Waals surface area contributed by atoms with Gasteiger partial charge in [0.2, 0.25) is 0 Å². The second kappa shape index (κ2) is 8.17. The minimum absolute atomic E-state index is 0.0506. The standard InChI is InChI=1S/C18H18I2N2O4/c19-12-3-9(4-13(20)18(12)22-8-17(25)26)5-14-11-7-16(24)15(23)6-10(11)1-2-21-14/h3-4,6-7,14,21-24H,1-2,5,8H2,(H,25,26). The van der Waals surface area contributed by atoms with Crippen molar-refractivity contribution in [1.82, 2.24) is 5.32 Å². The first-order valence-electron chi connectivity index (χ1n) is 8.07. The summed E-state index contributed by atoms with van der Waals surface area (Å²) in [4.78, 5) is 10.8. The predicted octanol–water partition coefficient (Wildman–Crippen LogP) is 3.23. The van der Waals surface area contributed by atoms with Crippen LogP contribution < -0.4 is 10.6 Å². The molecule has 0 amide bonds. The molecular formula is C18H18I2N2O4. The second-order valence-electron chi connectivity index (χ2n) is 6.18. The van der Waals surface area contributed by atoms with Crippen LogP contribution in [0, 0.1) is 7.14 Å². The molecule has 0 spiro atoms. The van der Waals surface area contributed by atoms with Gasteiger partial charge in [-0.05, 0) is 106 Å². The van der Waals surface area contributed by atoms with Crippen LogP contribution in [0.4, 0.5) is 5.69 Å². The molecule has 2 aromatic rings. The predicted molar refractivity (Wildman–Crippen MR) is 116 cm³/mol. The molecule has 1 aliphatic heterocycles. The van der Waals surface area contributed by atoms with E-state index < -0.39 is 5.97 Å². The summed E-state index contributed by atoms with van der Waals surface area (Å²) in [5.41, 5.74) is 4.01. The van der Waals surface area contributed by atoms with Crippen LogP contribution in [0.1, 0.15) is 22.7 Å². The molecule has 1 aliphatic rings. The number of aromatic hydroxyl groups is 2. The normalized spacial score (nSPS) is 16.2. The maximum atomic E-state index is 10.8. The minimum Gasteiger partial charge on any atom is -0.504 e. The second-order valence-corrected chi connectivity index (χ2v) is 8.51. The van der Waals surface area contributed by atoms with Gasteiger partial charge in [-0.3, -0.25) is 4.79 Å². The Labute approximate surface area is 178 Å². The van der Waals surface area contributed by atoms with Gasteiger partial charge in [0.25, 0.3) is 0 Å². The fourth-order valence-corrected chi connectivity index (χ4v) is 5.44. The van der Waals surface area contributed by atoms with E-state index in [2.05, 4.69) is 55.8 Å². The number of aliphatic carboxylic acids is 1. The van der Waals surface area contributed by atoms with Crippen molar-refractivity contribution in [2.45, 2.75) is 18.9 Å². The Kier molecular flexibility index (Phi) is 6.13. The lowest BCUT2D eigenvalue weighted by Crippen LogP contribution is -2.31. The fraction of sp³-hybridized carbons (Fsp3) is 0.278. The van der Waals surface area contributed by atoms with E-state index in [1.54, 1.807) is 12.1 Å². The molecule has 0 aliphatic carbocycles. The number of hydrogen-bond acceptors (Lipinski definition) is 5. The lowest BCUT2D eigenvalue weighted by atomic mass is 9.90. The van der Waals surface area contributed by atoms with Gasteiger partial charge in [-0.1, -0.05) is 0 Å². The van der Waals surface area contributed by atoms with Gasteiger partial charge in [-0.25, -0.2) is 0 Å². The summed E-state index contributed by atoms with van der Waals surface area (Å²) in [7, 11) is 0. The van der Waals surface area contributed by atoms with Crippen LogP contribution in [-0.2, 0) is 17.6 Å². The Morgan fingerprint density at radius 3 is 2.46 bits per heavy atom. The third-order valence-corrected chi connectivity index (χ3v) is 6.06. The number of carbonyl (C=O) groups is 1. The number of hydrogen-bond donors (Lipinski definition) is 5. The van der Waals surface area contributed by atoms with E-state index in [1.807, 2.05) is 12.1 Å². The summed E-state index contributed by atoms with van der Waals surface area (Å²) in [6.45, 7) is 0.694. The number of carboxylic acid groups (broad SMARTS) is 1. The molecule has 5 N–H and O–H groups in total. The maximum absolute atomic E-state index is 10.8. The summed E-state index contributed by atoms with van der Waals surface area (Å²) in [6.07, 6.45) is 1.55. The quantitative estimate of drug-likeness (QED) is 0.275. The van der Waals surface area contributed by atoms with Gasteiger partial charge < -0.3 is 26.0 Å². The summed E-state index contributed by atoms with van der Waals surface area (Å²) >= 11 is 4.42. The molecule has 1 heterocycles. The number of carboxylic acids is 1. The molecule has 0 bridgehead atoms. The topological polar surface area (TPSA) is 102 Å². The molecule has 0 fully saturated rings. The van der Waals surface area contributed by atoms with Crippen LogP contribution in [0.5, 0.6) is 11.5 Å². The molecule has 3 rings (SSSR count). The van der Waals surface area contributed by atoms with E-state index in [0.717, 1.165) is 48.9 Å². The zero-order valence-corrected chi connectivity index (χ0v) is 18.0. The van der Waals surface area contributed by atoms with Gasteiger partial charge in [0, 0.05) is 13.2 Å². The van der Waals surface area contributed by atoms with Crippen LogP contribution in [0.3, 0.4) is 0 Å². The number of anilines is 1. The van der Waals surface area contributed by atoms with Crippen molar-refractivity contribution in [2.24, 2.45) is 0 Å². The number of halogens is 2. The van der Waals surface area contributed by atoms with E-state index in [1.165, 1.54) is 0 Å². The molecule has 138 valence electrons. The minimum atomic E-state index is -0.897. The van der Waals surface area contributed by atoms with Crippen LogP contribution in [0.2, 0.25) is 0 Å². The van der Waals surface area contributed by atoms with E-state index in [9.17, 15) is 15.0 Å². The number of nitrogens with one attached hydrogen (secondary N) is 2. The van der Waals surface area contributed by atoms with Crippen molar-refractivity contribution in [3.8, 4) is 11.5 Å². The highest BCUT2D eigenvalue weighted by molar-refractivity contribution is 14.1. The largest absolute Gasteiger partial charge is 0.504 e. The molecule has 1 unspecified atom stereocenters. The first-order valence-corrected chi connectivity index (χ1v) is 10.2. The molecule has 1 atom stereocenters. The van der Waals surface area contributed by atoms with Gasteiger partial charge in [0.1, 0.15) is 6.54 Å². The molecule has 26 heavy (non-hydrogen) atoms. The molecule has 0 radical (unpaired) electrons. The third kappa shape index (κ3) is 4.34. The van der Waals surface area contributed by atoms with E-state index >= 15 is 0 Å². The molecule has 2 aromatic carbocycles. The molecule has 8 heteroatoms. The average Bonchev–Trinajstić information content (AvgIpc) is 2.55. The number of phenols is 2. The third-order valence-electron chi connectivity index (χ3n) is 4.35.